The van der Waals surface area contributed by atoms with E-state index in [0.29, 0.717) is 17.7 Å². The highest BCUT2D eigenvalue weighted by Crippen LogP contribution is 2.14. The minimum atomic E-state index is 0.00660. The summed E-state index contributed by atoms with van der Waals surface area (Å²) in [4.78, 5) is 25.3. The molecule has 130 valence electrons. The molecule has 0 saturated carbocycles. The molecule has 0 aliphatic carbocycles. The standard InChI is InChI=1S/C16H24N6OS/c1-3-21-6-4-17-14(21)11-22-8-7-20(10-13(22)2)12-15(23)19-16-18-5-9-24-16/h4-6,9,13H,3,7-8,10-12H2,1-2H3,(H,18,19,23)/t13-/m0/s1. The van der Waals surface area contributed by atoms with Gasteiger partial charge in [-0.05, 0) is 13.8 Å². The highest BCUT2D eigenvalue weighted by molar-refractivity contribution is 7.13. The van der Waals surface area contributed by atoms with Crippen LogP contribution in [0.3, 0.4) is 0 Å². The van der Waals surface area contributed by atoms with Crippen LogP contribution in [0.1, 0.15) is 19.7 Å². The van der Waals surface area contributed by atoms with Gasteiger partial charge in [-0.2, -0.15) is 0 Å². The summed E-state index contributed by atoms with van der Waals surface area (Å²) in [6.07, 6.45) is 5.59. The van der Waals surface area contributed by atoms with Crippen LogP contribution in [0.2, 0.25) is 0 Å². The molecule has 0 radical (unpaired) electrons. The van der Waals surface area contributed by atoms with Crippen molar-refractivity contribution in [2.75, 3.05) is 31.5 Å². The molecule has 7 nitrogen and oxygen atoms in total. The smallest absolute Gasteiger partial charge is 0.240 e. The molecule has 24 heavy (non-hydrogen) atoms. The van der Waals surface area contributed by atoms with Gasteiger partial charge in [0.1, 0.15) is 5.82 Å². The van der Waals surface area contributed by atoms with E-state index in [9.17, 15) is 4.79 Å². The number of anilines is 1. The third-order valence-electron chi connectivity index (χ3n) is 4.38. The van der Waals surface area contributed by atoms with E-state index in [1.807, 2.05) is 17.8 Å². The van der Waals surface area contributed by atoms with Gasteiger partial charge in [0.2, 0.25) is 5.91 Å². The van der Waals surface area contributed by atoms with Gasteiger partial charge in [0.25, 0.3) is 0 Å². The number of piperazine rings is 1. The Morgan fingerprint density at radius 2 is 2.25 bits per heavy atom. The fourth-order valence-corrected chi connectivity index (χ4v) is 3.60. The topological polar surface area (TPSA) is 66.3 Å². The monoisotopic (exact) mass is 348 g/mol. The molecule has 1 aliphatic heterocycles. The number of rotatable bonds is 6. The molecule has 0 unspecified atom stereocenters. The number of nitrogens with zero attached hydrogens (tertiary/aromatic N) is 5. The molecule has 0 aromatic carbocycles. The van der Waals surface area contributed by atoms with Crippen molar-refractivity contribution in [2.45, 2.75) is 33.0 Å². The number of aryl methyl sites for hydroxylation is 1. The van der Waals surface area contributed by atoms with Crippen LogP contribution in [0.15, 0.2) is 24.0 Å². The number of amides is 1. The van der Waals surface area contributed by atoms with E-state index in [1.54, 1.807) is 6.20 Å². The van der Waals surface area contributed by atoms with Crippen LogP contribution in [0.25, 0.3) is 0 Å². The summed E-state index contributed by atoms with van der Waals surface area (Å²) in [7, 11) is 0. The summed E-state index contributed by atoms with van der Waals surface area (Å²) >= 11 is 1.44. The van der Waals surface area contributed by atoms with Crippen LogP contribution < -0.4 is 5.32 Å². The molecule has 3 rings (SSSR count). The minimum absolute atomic E-state index is 0.00660. The zero-order valence-corrected chi connectivity index (χ0v) is 15.0. The van der Waals surface area contributed by atoms with E-state index in [-0.39, 0.29) is 5.91 Å². The zero-order chi connectivity index (χ0) is 16.9. The summed E-state index contributed by atoms with van der Waals surface area (Å²) in [6, 6.07) is 0.397. The van der Waals surface area contributed by atoms with Gasteiger partial charge in [0.15, 0.2) is 5.13 Å². The lowest BCUT2D eigenvalue weighted by atomic mass is 10.2. The lowest BCUT2D eigenvalue weighted by molar-refractivity contribution is -0.118. The Hall–Kier alpha value is -1.77. The summed E-state index contributed by atoms with van der Waals surface area (Å²) in [5.74, 6) is 1.12. The number of aromatic nitrogens is 3. The quantitative estimate of drug-likeness (QED) is 0.857. The average molecular weight is 348 g/mol. The third-order valence-corrected chi connectivity index (χ3v) is 5.07. The Labute approximate surface area is 146 Å². The van der Waals surface area contributed by atoms with Crippen LogP contribution in [0.4, 0.5) is 5.13 Å². The molecule has 1 aliphatic rings. The van der Waals surface area contributed by atoms with Gasteiger partial charge in [-0.15, -0.1) is 11.3 Å². The van der Waals surface area contributed by atoms with Gasteiger partial charge < -0.3 is 9.88 Å². The summed E-state index contributed by atoms with van der Waals surface area (Å²) in [5, 5.41) is 5.37. The predicted molar refractivity (Wildman–Crippen MR) is 95.0 cm³/mol. The Kier molecular flexibility index (Phi) is 5.60. The fourth-order valence-electron chi connectivity index (χ4n) is 3.06. The van der Waals surface area contributed by atoms with Crippen molar-refractivity contribution in [2.24, 2.45) is 0 Å². The van der Waals surface area contributed by atoms with E-state index in [1.165, 1.54) is 11.3 Å². The summed E-state index contributed by atoms with van der Waals surface area (Å²) in [6.45, 7) is 9.30. The first-order valence-corrected chi connectivity index (χ1v) is 9.19. The predicted octanol–water partition coefficient (Wildman–Crippen LogP) is 1.50. The molecule has 0 bridgehead atoms. The highest BCUT2D eigenvalue weighted by atomic mass is 32.1. The molecular formula is C16H24N6OS. The maximum absolute atomic E-state index is 12.1. The molecule has 2 aromatic rings. The van der Waals surface area contributed by atoms with E-state index in [2.05, 4.69) is 43.5 Å². The van der Waals surface area contributed by atoms with Crippen molar-refractivity contribution in [1.82, 2.24) is 24.3 Å². The first-order valence-electron chi connectivity index (χ1n) is 8.31. The maximum atomic E-state index is 12.1. The molecule has 1 N–H and O–H groups in total. The molecule has 1 saturated heterocycles. The molecule has 1 atom stereocenters. The lowest BCUT2D eigenvalue weighted by Gasteiger charge is -2.39. The first kappa shape index (κ1) is 17.1. The number of carbonyl (C=O) groups excluding carboxylic acids is 1. The van der Waals surface area contributed by atoms with Crippen LogP contribution in [0, 0.1) is 0 Å². The Morgan fingerprint density at radius 1 is 1.38 bits per heavy atom. The van der Waals surface area contributed by atoms with Crippen molar-refractivity contribution >= 4 is 22.4 Å². The van der Waals surface area contributed by atoms with Crippen molar-refractivity contribution in [3.63, 3.8) is 0 Å². The second kappa shape index (κ2) is 7.87. The fraction of sp³-hybridized carbons (Fsp3) is 0.562. The number of carbonyl (C=O) groups is 1. The average Bonchev–Trinajstić information content (AvgIpc) is 3.21. The Bertz CT molecular complexity index is 655. The molecule has 3 heterocycles. The Morgan fingerprint density at radius 3 is 2.96 bits per heavy atom. The second-order valence-corrected chi connectivity index (χ2v) is 6.96. The van der Waals surface area contributed by atoms with E-state index in [4.69, 9.17) is 0 Å². The van der Waals surface area contributed by atoms with Crippen molar-refractivity contribution in [1.29, 1.82) is 0 Å². The molecular weight excluding hydrogens is 324 g/mol. The normalized spacial score (nSPS) is 19.5. The number of thiazole rings is 1. The number of nitrogens with one attached hydrogen (secondary N) is 1. The largest absolute Gasteiger partial charge is 0.334 e. The van der Waals surface area contributed by atoms with Crippen molar-refractivity contribution in [3.8, 4) is 0 Å². The third kappa shape index (κ3) is 4.19. The van der Waals surface area contributed by atoms with Gasteiger partial charge in [-0.3, -0.25) is 14.6 Å². The SMILES string of the molecule is CCn1ccnc1CN1CCN(CC(=O)Nc2nccs2)C[C@@H]1C. The number of hydrogen-bond donors (Lipinski definition) is 1. The molecule has 1 fully saturated rings. The number of imidazole rings is 1. The first-order chi connectivity index (χ1) is 11.7. The zero-order valence-electron chi connectivity index (χ0n) is 14.2. The van der Waals surface area contributed by atoms with Gasteiger partial charge in [0, 0.05) is 56.2 Å². The van der Waals surface area contributed by atoms with E-state index >= 15 is 0 Å². The van der Waals surface area contributed by atoms with Crippen molar-refractivity contribution < 1.29 is 4.79 Å². The van der Waals surface area contributed by atoms with E-state index in [0.717, 1.165) is 38.5 Å². The molecule has 0 spiro atoms. The van der Waals surface area contributed by atoms with Crippen LogP contribution in [0.5, 0.6) is 0 Å². The Balaban J connectivity index is 1.49. The van der Waals surface area contributed by atoms with Crippen LogP contribution in [-0.2, 0) is 17.9 Å². The minimum Gasteiger partial charge on any atom is -0.334 e. The molecule has 8 heteroatoms. The van der Waals surface area contributed by atoms with Gasteiger partial charge >= 0.3 is 0 Å². The molecule has 2 aromatic heterocycles. The van der Waals surface area contributed by atoms with E-state index < -0.39 is 0 Å². The van der Waals surface area contributed by atoms with Crippen LogP contribution in [-0.4, -0.2) is 62.5 Å². The number of hydrogen-bond acceptors (Lipinski definition) is 6. The van der Waals surface area contributed by atoms with Gasteiger partial charge in [-0.25, -0.2) is 9.97 Å². The highest BCUT2D eigenvalue weighted by Gasteiger charge is 2.25. The summed E-state index contributed by atoms with van der Waals surface area (Å²) < 4.78 is 2.18. The maximum Gasteiger partial charge on any atom is 0.240 e. The summed E-state index contributed by atoms with van der Waals surface area (Å²) in [5.41, 5.74) is 0. The van der Waals surface area contributed by atoms with Gasteiger partial charge in [0.05, 0.1) is 13.1 Å². The van der Waals surface area contributed by atoms with Crippen LogP contribution >= 0.6 is 11.3 Å². The lowest BCUT2D eigenvalue weighted by Crippen LogP contribution is -2.53. The van der Waals surface area contributed by atoms with Gasteiger partial charge in [-0.1, -0.05) is 0 Å². The second-order valence-electron chi connectivity index (χ2n) is 6.07. The molecule has 1 amide bonds. The van der Waals surface area contributed by atoms with Crippen molar-refractivity contribution in [3.05, 3.63) is 29.8 Å².